The first-order chi connectivity index (χ1) is 15.4. The minimum Gasteiger partial charge on any atom is -0.360 e. The molecule has 0 spiro atoms. The Morgan fingerprint density at radius 3 is 2.81 bits per heavy atom. The summed E-state index contributed by atoms with van der Waals surface area (Å²) in [7, 11) is 0. The summed E-state index contributed by atoms with van der Waals surface area (Å²) in [4.78, 5) is 29.0. The van der Waals surface area contributed by atoms with Gasteiger partial charge in [-0.3, -0.25) is 9.36 Å². The zero-order chi connectivity index (χ0) is 22.4. The summed E-state index contributed by atoms with van der Waals surface area (Å²) in [5, 5.41) is 4.43. The average molecular weight is 469 g/mol. The predicted octanol–water partition coefficient (Wildman–Crippen LogP) is 5.28. The van der Waals surface area contributed by atoms with Crippen molar-refractivity contribution in [2.75, 3.05) is 5.32 Å². The zero-order valence-electron chi connectivity index (χ0n) is 16.6. The van der Waals surface area contributed by atoms with Gasteiger partial charge < -0.3 is 10.3 Å². The molecule has 0 bridgehead atoms. The summed E-state index contributed by atoms with van der Waals surface area (Å²) in [5.74, 6) is -0.0999. The highest BCUT2D eigenvalue weighted by molar-refractivity contribution is 6.34. The van der Waals surface area contributed by atoms with Gasteiger partial charge in [0.2, 0.25) is 0 Å². The summed E-state index contributed by atoms with van der Waals surface area (Å²) < 4.78 is 16.0. The van der Waals surface area contributed by atoms with Gasteiger partial charge >= 0.3 is 0 Å². The third kappa shape index (κ3) is 3.37. The topological polar surface area (TPSA) is 88.5 Å². The van der Waals surface area contributed by atoms with Crippen LogP contribution in [0, 0.1) is 5.82 Å². The maximum Gasteiger partial charge on any atom is 0.266 e. The fourth-order valence-electron chi connectivity index (χ4n) is 3.72. The quantitative estimate of drug-likeness (QED) is 0.374. The third-order valence-corrected chi connectivity index (χ3v) is 5.75. The Morgan fingerprint density at radius 2 is 1.97 bits per heavy atom. The standard InChI is InChI=1S/C22H15Cl2FN6O/c1-11(30-21-19-20(27-9-26-19)28-10-29-21)16-7-12-3-2-4-15(25)18(12)22(32)31(16)17-8-13(23)5-6-14(17)24/h2-11H,1H3,(H2,26,27,28,29,30)/t11-/m1/s1. The Kier molecular flexibility index (Phi) is 5.03. The summed E-state index contributed by atoms with van der Waals surface area (Å²) in [6, 6.07) is 10.6. The van der Waals surface area contributed by atoms with E-state index in [1.807, 2.05) is 6.92 Å². The third-order valence-electron chi connectivity index (χ3n) is 5.19. The summed E-state index contributed by atoms with van der Waals surface area (Å²) in [6.45, 7) is 1.86. The van der Waals surface area contributed by atoms with Crippen LogP contribution in [0.2, 0.25) is 10.0 Å². The molecule has 0 fully saturated rings. The molecule has 0 amide bonds. The van der Waals surface area contributed by atoms with Gasteiger partial charge in [0.15, 0.2) is 11.5 Å². The number of aromatic nitrogens is 5. The molecule has 160 valence electrons. The molecule has 0 unspecified atom stereocenters. The van der Waals surface area contributed by atoms with Gasteiger partial charge in [0.1, 0.15) is 17.7 Å². The van der Waals surface area contributed by atoms with Gasteiger partial charge in [0, 0.05) is 10.7 Å². The molecule has 1 atom stereocenters. The van der Waals surface area contributed by atoms with Crippen LogP contribution in [0.4, 0.5) is 10.2 Å². The van der Waals surface area contributed by atoms with Crippen molar-refractivity contribution < 1.29 is 4.39 Å². The van der Waals surface area contributed by atoms with E-state index in [1.165, 1.54) is 23.3 Å². The molecule has 3 aromatic heterocycles. The normalized spacial score (nSPS) is 12.4. The average Bonchev–Trinajstić information content (AvgIpc) is 3.25. The Bertz CT molecular complexity index is 1550. The Morgan fingerprint density at radius 1 is 1.12 bits per heavy atom. The molecule has 0 radical (unpaired) electrons. The van der Waals surface area contributed by atoms with Crippen molar-refractivity contribution >= 4 is 51.0 Å². The van der Waals surface area contributed by atoms with Crippen LogP contribution in [0.25, 0.3) is 27.6 Å². The van der Waals surface area contributed by atoms with Crippen LogP contribution in [0.15, 0.2) is 59.9 Å². The number of hydrogen-bond acceptors (Lipinski definition) is 5. The number of anilines is 1. The first-order valence-electron chi connectivity index (χ1n) is 9.64. The lowest BCUT2D eigenvalue weighted by Gasteiger charge is -2.22. The van der Waals surface area contributed by atoms with Crippen LogP contribution in [-0.2, 0) is 0 Å². The van der Waals surface area contributed by atoms with E-state index < -0.39 is 17.4 Å². The molecule has 0 aliphatic rings. The number of H-pyrrole nitrogens is 1. The van der Waals surface area contributed by atoms with Crippen molar-refractivity contribution in [1.29, 1.82) is 0 Å². The lowest BCUT2D eigenvalue weighted by Crippen LogP contribution is -2.26. The van der Waals surface area contributed by atoms with Crippen LogP contribution in [0.1, 0.15) is 18.7 Å². The SMILES string of the molecule is C[C@@H](Nc1ncnc2nc[nH]c12)c1cc2cccc(F)c2c(=O)n1-c1cc(Cl)ccc1Cl. The predicted molar refractivity (Wildman–Crippen MR) is 123 cm³/mol. The van der Waals surface area contributed by atoms with Crippen LogP contribution in [0.3, 0.4) is 0 Å². The Balaban J connectivity index is 1.75. The summed E-state index contributed by atoms with van der Waals surface area (Å²) in [6.07, 6.45) is 2.92. The van der Waals surface area contributed by atoms with Crippen LogP contribution in [-0.4, -0.2) is 24.5 Å². The van der Waals surface area contributed by atoms with E-state index in [4.69, 9.17) is 23.2 Å². The van der Waals surface area contributed by atoms with E-state index >= 15 is 0 Å². The van der Waals surface area contributed by atoms with Gasteiger partial charge in [-0.2, -0.15) is 0 Å². The number of nitrogens with zero attached hydrogens (tertiary/aromatic N) is 4. The molecular formula is C22H15Cl2FN6O. The van der Waals surface area contributed by atoms with Gasteiger partial charge in [0.05, 0.1) is 28.5 Å². The number of pyridine rings is 1. The molecule has 32 heavy (non-hydrogen) atoms. The van der Waals surface area contributed by atoms with Gasteiger partial charge in [0.25, 0.3) is 5.56 Å². The highest BCUT2D eigenvalue weighted by atomic mass is 35.5. The number of nitrogens with one attached hydrogen (secondary N) is 2. The molecule has 0 aliphatic carbocycles. The van der Waals surface area contributed by atoms with Crippen LogP contribution in [0.5, 0.6) is 0 Å². The van der Waals surface area contributed by atoms with Crippen molar-refractivity contribution in [1.82, 2.24) is 24.5 Å². The molecule has 0 saturated heterocycles. The van der Waals surface area contributed by atoms with E-state index in [-0.39, 0.29) is 5.39 Å². The number of rotatable bonds is 4. The van der Waals surface area contributed by atoms with Crippen molar-refractivity contribution in [3.05, 3.63) is 87.0 Å². The molecule has 2 aromatic carbocycles. The Hall–Kier alpha value is -3.49. The molecule has 7 nitrogen and oxygen atoms in total. The van der Waals surface area contributed by atoms with E-state index in [0.29, 0.717) is 43.8 Å². The first-order valence-corrected chi connectivity index (χ1v) is 10.4. The number of benzene rings is 2. The summed E-state index contributed by atoms with van der Waals surface area (Å²) in [5.41, 5.74) is 1.49. The molecular weight excluding hydrogens is 454 g/mol. The van der Waals surface area contributed by atoms with Crippen LogP contribution >= 0.6 is 23.2 Å². The minimum absolute atomic E-state index is 0.0301. The molecule has 0 saturated carbocycles. The van der Waals surface area contributed by atoms with E-state index in [1.54, 1.807) is 36.4 Å². The highest BCUT2D eigenvalue weighted by Gasteiger charge is 2.21. The molecule has 5 aromatic rings. The molecule has 2 N–H and O–H groups in total. The molecule has 0 aliphatic heterocycles. The molecule has 3 heterocycles. The van der Waals surface area contributed by atoms with Crippen molar-refractivity contribution in [2.45, 2.75) is 13.0 Å². The van der Waals surface area contributed by atoms with Crippen molar-refractivity contribution in [3.8, 4) is 5.69 Å². The largest absolute Gasteiger partial charge is 0.360 e. The first kappa shape index (κ1) is 20.4. The maximum absolute atomic E-state index is 14.6. The number of imidazole rings is 1. The fraction of sp³-hybridized carbons (Fsp3) is 0.0909. The summed E-state index contributed by atoms with van der Waals surface area (Å²) >= 11 is 12.6. The second-order valence-corrected chi connectivity index (χ2v) is 8.04. The molecule has 5 rings (SSSR count). The maximum atomic E-state index is 14.6. The minimum atomic E-state index is -0.610. The van der Waals surface area contributed by atoms with Gasteiger partial charge in [-0.05, 0) is 42.6 Å². The molecule has 10 heteroatoms. The van der Waals surface area contributed by atoms with Crippen molar-refractivity contribution in [2.24, 2.45) is 0 Å². The smallest absolute Gasteiger partial charge is 0.266 e. The zero-order valence-corrected chi connectivity index (χ0v) is 18.1. The lowest BCUT2D eigenvalue weighted by molar-refractivity contribution is 0.637. The number of hydrogen-bond donors (Lipinski definition) is 2. The Labute approximate surface area is 190 Å². The van der Waals surface area contributed by atoms with Gasteiger partial charge in [-0.15, -0.1) is 0 Å². The number of fused-ring (bicyclic) bond motifs is 2. The van der Waals surface area contributed by atoms with Gasteiger partial charge in [-0.25, -0.2) is 19.3 Å². The monoisotopic (exact) mass is 468 g/mol. The van der Waals surface area contributed by atoms with Crippen LogP contribution < -0.4 is 10.9 Å². The number of halogens is 3. The van der Waals surface area contributed by atoms with Crippen molar-refractivity contribution in [3.63, 3.8) is 0 Å². The second-order valence-electron chi connectivity index (χ2n) is 7.20. The fourth-order valence-corrected chi connectivity index (χ4v) is 4.09. The lowest BCUT2D eigenvalue weighted by atomic mass is 10.1. The van der Waals surface area contributed by atoms with Gasteiger partial charge in [-0.1, -0.05) is 35.3 Å². The van der Waals surface area contributed by atoms with E-state index in [0.717, 1.165) is 0 Å². The van der Waals surface area contributed by atoms with E-state index in [2.05, 4.69) is 25.3 Å². The number of aromatic amines is 1. The second kappa shape index (κ2) is 7.89. The van der Waals surface area contributed by atoms with E-state index in [9.17, 15) is 9.18 Å². The highest BCUT2D eigenvalue weighted by Crippen LogP contribution is 2.30.